The number of carbonyl (C=O) groups is 1. The van der Waals surface area contributed by atoms with Crippen LogP contribution in [0.3, 0.4) is 0 Å². The van der Waals surface area contributed by atoms with Crippen LogP contribution < -0.4 is 4.74 Å². The second kappa shape index (κ2) is 6.10. The molecule has 116 valence electrons. The van der Waals surface area contributed by atoms with Crippen molar-refractivity contribution in [3.05, 3.63) is 23.0 Å². The lowest BCUT2D eigenvalue weighted by atomic mass is 9.92. The summed E-state index contributed by atoms with van der Waals surface area (Å²) in [5, 5.41) is 16.4. The van der Waals surface area contributed by atoms with Crippen molar-refractivity contribution >= 4 is 6.47 Å². The molecule has 2 aromatic rings. The van der Waals surface area contributed by atoms with Crippen LogP contribution in [0.5, 0.6) is 6.01 Å². The van der Waals surface area contributed by atoms with Crippen LogP contribution in [0.1, 0.15) is 29.3 Å². The van der Waals surface area contributed by atoms with Crippen molar-refractivity contribution in [1.82, 2.24) is 20.2 Å². The third-order valence-corrected chi connectivity index (χ3v) is 3.73. The van der Waals surface area contributed by atoms with Crippen LogP contribution in [-0.4, -0.2) is 45.5 Å². The van der Waals surface area contributed by atoms with Crippen LogP contribution in [0.2, 0.25) is 0 Å². The Morgan fingerprint density at radius 1 is 1.45 bits per heavy atom. The Morgan fingerprint density at radius 3 is 3.05 bits per heavy atom. The topological polar surface area (TPSA) is 110 Å². The van der Waals surface area contributed by atoms with Crippen LogP contribution in [0, 0.1) is 0 Å². The summed E-state index contributed by atoms with van der Waals surface area (Å²) in [6.07, 6.45) is 3.03. The minimum absolute atomic E-state index is 0.0844. The maximum atomic E-state index is 10.7. The van der Waals surface area contributed by atoms with E-state index in [9.17, 15) is 4.79 Å². The lowest BCUT2D eigenvalue weighted by Crippen LogP contribution is -2.12. The average Bonchev–Trinajstić information content (AvgIpc) is 2.98. The molecule has 0 aliphatic heterocycles. The van der Waals surface area contributed by atoms with Gasteiger partial charge in [0.2, 0.25) is 0 Å². The zero-order chi connectivity index (χ0) is 15.5. The number of aliphatic hydroxyl groups excluding tert-OH is 1. The number of aromatic amines is 1. The smallest absolute Gasteiger partial charge is 0.316 e. The molecule has 0 fully saturated rings. The fourth-order valence-corrected chi connectivity index (χ4v) is 2.70. The quantitative estimate of drug-likeness (QED) is 0.751. The normalized spacial score (nSPS) is 13.9. The van der Waals surface area contributed by atoms with Gasteiger partial charge in [0, 0.05) is 24.8 Å². The molecule has 1 unspecified atom stereocenters. The minimum Gasteiger partial charge on any atom is -0.467 e. The predicted octanol–water partition coefficient (Wildman–Crippen LogP) is 0.570. The number of rotatable bonds is 6. The highest BCUT2D eigenvalue weighted by molar-refractivity contribution is 5.66. The van der Waals surface area contributed by atoms with Crippen LogP contribution in [0.25, 0.3) is 11.4 Å². The summed E-state index contributed by atoms with van der Waals surface area (Å²) in [6.45, 7) is 0.300. The summed E-state index contributed by atoms with van der Waals surface area (Å²) in [5.41, 5.74) is 4.10. The molecule has 0 radical (unpaired) electrons. The zero-order valence-electron chi connectivity index (χ0n) is 12.1. The Kier molecular flexibility index (Phi) is 4.01. The number of aliphatic hydroxyl groups is 1. The number of H-pyrrole nitrogens is 1. The SMILES string of the molecule is COc1ncc2c(n1)-c1n[nH]c(C(CCO)OC=O)c1CC2. The van der Waals surface area contributed by atoms with E-state index in [1.165, 1.54) is 7.11 Å². The second-order valence-electron chi connectivity index (χ2n) is 4.93. The van der Waals surface area contributed by atoms with Crippen LogP contribution in [0.4, 0.5) is 0 Å². The highest BCUT2D eigenvalue weighted by atomic mass is 16.5. The van der Waals surface area contributed by atoms with E-state index in [-0.39, 0.29) is 12.6 Å². The first-order valence-corrected chi connectivity index (χ1v) is 6.95. The van der Waals surface area contributed by atoms with E-state index < -0.39 is 6.10 Å². The number of nitrogens with zero attached hydrogens (tertiary/aromatic N) is 3. The third-order valence-electron chi connectivity index (χ3n) is 3.73. The highest BCUT2D eigenvalue weighted by Gasteiger charge is 2.28. The van der Waals surface area contributed by atoms with Crippen molar-refractivity contribution < 1.29 is 19.4 Å². The number of carbonyl (C=O) groups excluding carboxylic acids is 1. The molecular weight excluding hydrogens is 288 g/mol. The van der Waals surface area contributed by atoms with Gasteiger partial charge >= 0.3 is 6.01 Å². The number of nitrogens with one attached hydrogen (secondary N) is 1. The number of fused-ring (bicyclic) bond motifs is 3. The first-order valence-electron chi connectivity index (χ1n) is 6.95. The Labute approximate surface area is 126 Å². The second-order valence-corrected chi connectivity index (χ2v) is 4.93. The van der Waals surface area contributed by atoms with Gasteiger partial charge in [-0.2, -0.15) is 10.1 Å². The molecule has 8 nitrogen and oxygen atoms in total. The van der Waals surface area contributed by atoms with Gasteiger partial charge in [0.25, 0.3) is 6.47 Å². The van der Waals surface area contributed by atoms with Gasteiger partial charge in [0.05, 0.1) is 12.8 Å². The van der Waals surface area contributed by atoms with E-state index in [1.54, 1.807) is 6.20 Å². The van der Waals surface area contributed by atoms with Gasteiger partial charge in [-0.25, -0.2) is 4.98 Å². The fraction of sp³-hybridized carbons (Fsp3) is 0.429. The monoisotopic (exact) mass is 304 g/mol. The van der Waals surface area contributed by atoms with Crippen molar-refractivity contribution in [3.8, 4) is 17.4 Å². The van der Waals surface area contributed by atoms with E-state index in [1.807, 2.05) is 0 Å². The van der Waals surface area contributed by atoms with Crippen molar-refractivity contribution in [2.24, 2.45) is 0 Å². The summed E-state index contributed by atoms with van der Waals surface area (Å²) in [7, 11) is 1.51. The summed E-state index contributed by atoms with van der Waals surface area (Å²) in [5.74, 6) is 0. The molecule has 1 atom stereocenters. The summed E-state index contributed by atoms with van der Waals surface area (Å²) in [6, 6.07) is 0.284. The van der Waals surface area contributed by atoms with Crippen molar-refractivity contribution in [3.63, 3.8) is 0 Å². The standard InChI is InChI=1S/C14H16N4O4/c1-21-14-15-6-8-2-3-9-12(10(4-5-19)22-7-20)17-18-13(9)11(8)16-14/h6-7,10,19H,2-5H2,1H3,(H,17,18). The number of aromatic nitrogens is 4. The van der Waals surface area contributed by atoms with E-state index in [4.69, 9.17) is 14.6 Å². The largest absolute Gasteiger partial charge is 0.467 e. The average molecular weight is 304 g/mol. The summed E-state index contributed by atoms with van der Waals surface area (Å²) in [4.78, 5) is 19.1. The number of methoxy groups -OCH3 is 1. The Morgan fingerprint density at radius 2 is 2.32 bits per heavy atom. The molecule has 1 aliphatic carbocycles. The van der Waals surface area contributed by atoms with Crippen molar-refractivity contribution in [2.45, 2.75) is 25.4 Å². The van der Waals surface area contributed by atoms with Gasteiger partial charge in [0.15, 0.2) is 0 Å². The summed E-state index contributed by atoms with van der Waals surface area (Å²) >= 11 is 0. The Hall–Kier alpha value is -2.48. The molecule has 0 bridgehead atoms. The molecule has 22 heavy (non-hydrogen) atoms. The zero-order valence-corrected chi connectivity index (χ0v) is 12.1. The lowest BCUT2D eigenvalue weighted by Gasteiger charge is -2.18. The van der Waals surface area contributed by atoms with Gasteiger partial charge in [-0.3, -0.25) is 9.89 Å². The number of hydrogen-bond acceptors (Lipinski definition) is 7. The van der Waals surface area contributed by atoms with Crippen LogP contribution >= 0.6 is 0 Å². The van der Waals surface area contributed by atoms with Gasteiger partial charge in [-0.15, -0.1) is 0 Å². The molecule has 1 aliphatic rings. The Bertz CT molecular complexity index is 685. The first-order chi connectivity index (χ1) is 10.8. The van der Waals surface area contributed by atoms with E-state index in [0.29, 0.717) is 18.6 Å². The molecular formula is C14H16N4O4. The van der Waals surface area contributed by atoms with E-state index >= 15 is 0 Å². The molecule has 2 heterocycles. The van der Waals surface area contributed by atoms with Gasteiger partial charge in [-0.1, -0.05) is 0 Å². The molecule has 3 rings (SSSR count). The van der Waals surface area contributed by atoms with Crippen molar-refractivity contribution in [1.29, 1.82) is 0 Å². The number of aryl methyl sites for hydroxylation is 1. The maximum Gasteiger partial charge on any atom is 0.316 e. The van der Waals surface area contributed by atoms with Gasteiger partial charge in [0.1, 0.15) is 17.5 Å². The van der Waals surface area contributed by atoms with Crippen LogP contribution in [-0.2, 0) is 22.4 Å². The van der Waals surface area contributed by atoms with Crippen molar-refractivity contribution in [2.75, 3.05) is 13.7 Å². The van der Waals surface area contributed by atoms with E-state index in [2.05, 4.69) is 20.2 Å². The molecule has 8 heteroatoms. The fourth-order valence-electron chi connectivity index (χ4n) is 2.70. The molecule has 2 aromatic heterocycles. The van der Waals surface area contributed by atoms with Gasteiger partial charge in [-0.05, 0) is 18.4 Å². The molecule has 2 N–H and O–H groups in total. The minimum atomic E-state index is -0.538. The van der Waals surface area contributed by atoms with Crippen LogP contribution in [0.15, 0.2) is 6.20 Å². The predicted molar refractivity (Wildman–Crippen MR) is 75.2 cm³/mol. The highest BCUT2D eigenvalue weighted by Crippen LogP contribution is 2.35. The van der Waals surface area contributed by atoms with Gasteiger partial charge < -0.3 is 14.6 Å². The molecule has 0 aromatic carbocycles. The lowest BCUT2D eigenvalue weighted by molar-refractivity contribution is -0.134. The van der Waals surface area contributed by atoms with E-state index in [0.717, 1.165) is 35.4 Å². The maximum absolute atomic E-state index is 10.7. The number of ether oxygens (including phenoxy) is 2. The number of hydrogen-bond donors (Lipinski definition) is 2. The molecule has 0 saturated carbocycles. The third kappa shape index (κ3) is 2.41. The molecule has 0 saturated heterocycles. The first kappa shape index (κ1) is 14.5. The molecule has 0 amide bonds. The summed E-state index contributed by atoms with van der Waals surface area (Å²) < 4.78 is 10.1. The Balaban J connectivity index is 2.03. The molecule has 0 spiro atoms.